The summed E-state index contributed by atoms with van der Waals surface area (Å²) < 4.78 is 32.3. The molecule has 1 heterocycles. The number of hydrogen-bond donors (Lipinski definition) is 1. The Morgan fingerprint density at radius 2 is 1.67 bits per heavy atom. The first kappa shape index (κ1) is 24.6. The fourth-order valence-corrected chi connectivity index (χ4v) is 4.88. The molecule has 0 fully saturated rings. The maximum Gasteiger partial charge on any atom is 0.247 e. The summed E-state index contributed by atoms with van der Waals surface area (Å²) in [6.07, 6.45) is 0.534. The molecule has 1 atom stereocenters. The van der Waals surface area contributed by atoms with E-state index in [0.717, 1.165) is 16.7 Å². The van der Waals surface area contributed by atoms with E-state index in [2.05, 4.69) is 15.5 Å². The Bertz CT molecular complexity index is 1170. The number of hydrogen-bond acceptors (Lipinski definition) is 6. The highest BCUT2D eigenvalue weighted by Gasteiger charge is 2.21. The third-order valence-corrected chi connectivity index (χ3v) is 7.50. The van der Waals surface area contributed by atoms with Gasteiger partial charge in [-0.3, -0.25) is 4.79 Å². The molecule has 33 heavy (non-hydrogen) atoms. The first-order chi connectivity index (χ1) is 15.7. The number of aromatic nitrogens is 2. The van der Waals surface area contributed by atoms with E-state index in [4.69, 9.17) is 4.42 Å². The number of sulfonamides is 1. The van der Waals surface area contributed by atoms with E-state index in [9.17, 15) is 13.2 Å². The van der Waals surface area contributed by atoms with Crippen LogP contribution in [0.25, 0.3) is 11.5 Å². The van der Waals surface area contributed by atoms with Crippen molar-refractivity contribution in [3.63, 3.8) is 0 Å². The molecule has 3 aromatic rings. The molecule has 8 nitrogen and oxygen atoms in total. The Morgan fingerprint density at radius 3 is 2.27 bits per heavy atom. The van der Waals surface area contributed by atoms with Gasteiger partial charge in [-0.2, -0.15) is 4.31 Å². The van der Waals surface area contributed by atoms with Gasteiger partial charge in [-0.15, -0.1) is 10.2 Å². The van der Waals surface area contributed by atoms with Gasteiger partial charge in [0.25, 0.3) is 0 Å². The molecule has 0 aliphatic heterocycles. The third-order valence-electron chi connectivity index (χ3n) is 5.43. The lowest BCUT2D eigenvalue weighted by molar-refractivity contribution is -0.121. The van der Waals surface area contributed by atoms with Crippen LogP contribution in [0.3, 0.4) is 0 Å². The second kappa shape index (κ2) is 10.7. The number of aryl methyl sites for hydroxylation is 2. The zero-order valence-electron chi connectivity index (χ0n) is 19.4. The second-order valence-corrected chi connectivity index (χ2v) is 9.75. The predicted molar refractivity (Wildman–Crippen MR) is 126 cm³/mol. The molecule has 0 aliphatic rings. The minimum Gasteiger partial charge on any atom is -0.421 e. The van der Waals surface area contributed by atoms with Gasteiger partial charge < -0.3 is 9.73 Å². The van der Waals surface area contributed by atoms with Crippen LogP contribution in [-0.4, -0.2) is 41.9 Å². The van der Waals surface area contributed by atoms with Gasteiger partial charge >= 0.3 is 0 Å². The van der Waals surface area contributed by atoms with Crippen LogP contribution in [0.4, 0.5) is 0 Å². The predicted octanol–water partition coefficient (Wildman–Crippen LogP) is 3.89. The van der Waals surface area contributed by atoms with Crippen LogP contribution >= 0.6 is 0 Å². The molecule has 0 spiro atoms. The lowest BCUT2D eigenvalue weighted by atomic mass is 10.1. The Morgan fingerprint density at radius 1 is 1.03 bits per heavy atom. The number of benzene rings is 2. The highest BCUT2D eigenvalue weighted by Crippen LogP contribution is 2.21. The standard InChI is InChI=1S/C24H30N4O4S/c1-5-28(6-2)33(30,31)21-13-11-19(12-14-21)18(4)25-22(29)15-16-23-26-27-24(32-23)20-9-7-17(3)8-10-20/h7-14,18H,5-6,15-16H2,1-4H3,(H,25,29). The van der Waals surface area contributed by atoms with Crippen molar-refractivity contribution in [2.45, 2.75) is 51.5 Å². The minimum absolute atomic E-state index is 0.155. The van der Waals surface area contributed by atoms with E-state index < -0.39 is 10.0 Å². The topological polar surface area (TPSA) is 105 Å². The van der Waals surface area contributed by atoms with Gasteiger partial charge in [-0.1, -0.05) is 43.7 Å². The summed E-state index contributed by atoms with van der Waals surface area (Å²) >= 11 is 0. The molecule has 1 unspecified atom stereocenters. The highest BCUT2D eigenvalue weighted by atomic mass is 32.2. The van der Waals surface area contributed by atoms with Gasteiger partial charge in [0, 0.05) is 31.5 Å². The monoisotopic (exact) mass is 470 g/mol. The molecule has 1 aromatic heterocycles. The van der Waals surface area contributed by atoms with E-state index in [-0.39, 0.29) is 23.3 Å². The van der Waals surface area contributed by atoms with E-state index in [1.54, 1.807) is 24.3 Å². The van der Waals surface area contributed by atoms with Gasteiger partial charge in [0.05, 0.1) is 10.9 Å². The summed E-state index contributed by atoms with van der Waals surface area (Å²) in [7, 11) is -3.50. The summed E-state index contributed by atoms with van der Waals surface area (Å²) in [4.78, 5) is 12.6. The Hall–Kier alpha value is -3.04. The SMILES string of the molecule is CCN(CC)S(=O)(=O)c1ccc(C(C)NC(=O)CCc2nnc(-c3ccc(C)cc3)o2)cc1. The zero-order chi connectivity index (χ0) is 24.0. The van der Waals surface area contributed by atoms with E-state index >= 15 is 0 Å². The molecule has 2 aromatic carbocycles. The fraction of sp³-hybridized carbons (Fsp3) is 0.375. The maximum absolute atomic E-state index is 12.6. The third kappa shape index (κ3) is 6.06. The Labute approximate surface area is 195 Å². The number of amides is 1. The summed E-state index contributed by atoms with van der Waals surface area (Å²) in [5.41, 5.74) is 2.80. The van der Waals surface area contributed by atoms with E-state index in [0.29, 0.717) is 31.3 Å². The average molecular weight is 471 g/mol. The quantitative estimate of drug-likeness (QED) is 0.482. The normalized spacial score (nSPS) is 12.6. The number of nitrogens with one attached hydrogen (secondary N) is 1. The van der Waals surface area contributed by atoms with Gasteiger partial charge in [0.2, 0.25) is 27.7 Å². The lowest BCUT2D eigenvalue weighted by Crippen LogP contribution is -2.30. The summed E-state index contributed by atoms with van der Waals surface area (Å²) in [6, 6.07) is 14.1. The molecule has 0 aliphatic carbocycles. The van der Waals surface area contributed by atoms with Crippen molar-refractivity contribution in [3.05, 3.63) is 65.5 Å². The van der Waals surface area contributed by atoms with Crippen molar-refractivity contribution in [1.29, 1.82) is 0 Å². The van der Waals surface area contributed by atoms with Crippen LogP contribution in [0, 0.1) is 6.92 Å². The Kier molecular flexibility index (Phi) is 7.99. The molecule has 0 bridgehead atoms. The van der Waals surface area contributed by atoms with Gasteiger partial charge in [0.15, 0.2) is 0 Å². The largest absolute Gasteiger partial charge is 0.421 e. The van der Waals surface area contributed by atoms with Crippen molar-refractivity contribution in [1.82, 2.24) is 19.8 Å². The first-order valence-corrected chi connectivity index (χ1v) is 12.5. The summed E-state index contributed by atoms with van der Waals surface area (Å²) in [6.45, 7) is 8.31. The van der Waals surface area contributed by atoms with E-state index in [1.807, 2.05) is 52.0 Å². The molecular formula is C24H30N4O4S. The molecule has 9 heteroatoms. The smallest absolute Gasteiger partial charge is 0.247 e. The van der Waals surface area contributed by atoms with Crippen molar-refractivity contribution >= 4 is 15.9 Å². The molecule has 1 N–H and O–H groups in total. The zero-order valence-corrected chi connectivity index (χ0v) is 20.2. The Balaban J connectivity index is 1.55. The molecular weight excluding hydrogens is 440 g/mol. The van der Waals surface area contributed by atoms with Crippen LogP contribution in [0.5, 0.6) is 0 Å². The maximum atomic E-state index is 12.6. The van der Waals surface area contributed by atoms with Crippen molar-refractivity contribution in [2.24, 2.45) is 0 Å². The number of carbonyl (C=O) groups is 1. The van der Waals surface area contributed by atoms with Crippen LogP contribution in [0.2, 0.25) is 0 Å². The molecule has 0 radical (unpaired) electrons. The van der Waals surface area contributed by atoms with Crippen LogP contribution < -0.4 is 5.32 Å². The van der Waals surface area contributed by atoms with Gasteiger partial charge in [0.1, 0.15) is 0 Å². The van der Waals surface area contributed by atoms with Crippen molar-refractivity contribution in [3.8, 4) is 11.5 Å². The minimum atomic E-state index is -3.50. The molecule has 3 rings (SSSR count). The van der Waals surface area contributed by atoms with Gasteiger partial charge in [-0.05, 0) is 43.7 Å². The van der Waals surface area contributed by atoms with Crippen molar-refractivity contribution in [2.75, 3.05) is 13.1 Å². The average Bonchev–Trinajstić information content (AvgIpc) is 3.28. The second-order valence-electron chi connectivity index (χ2n) is 7.81. The molecule has 0 saturated heterocycles. The van der Waals surface area contributed by atoms with Crippen LogP contribution in [-0.2, 0) is 21.2 Å². The molecule has 176 valence electrons. The fourth-order valence-electron chi connectivity index (χ4n) is 3.43. The summed E-state index contributed by atoms with van der Waals surface area (Å²) in [5.74, 6) is 0.676. The molecule has 1 amide bonds. The lowest BCUT2D eigenvalue weighted by Gasteiger charge is -2.19. The highest BCUT2D eigenvalue weighted by molar-refractivity contribution is 7.89. The van der Waals surface area contributed by atoms with Crippen molar-refractivity contribution < 1.29 is 17.6 Å². The number of carbonyl (C=O) groups excluding carboxylic acids is 1. The first-order valence-electron chi connectivity index (χ1n) is 11.0. The van der Waals surface area contributed by atoms with Crippen LogP contribution in [0.1, 0.15) is 50.3 Å². The number of nitrogens with zero attached hydrogens (tertiary/aromatic N) is 3. The van der Waals surface area contributed by atoms with Gasteiger partial charge in [-0.25, -0.2) is 8.42 Å². The van der Waals surface area contributed by atoms with Crippen LogP contribution in [0.15, 0.2) is 57.8 Å². The van der Waals surface area contributed by atoms with E-state index in [1.165, 1.54) is 4.31 Å². The summed E-state index contributed by atoms with van der Waals surface area (Å²) in [5, 5.41) is 11.0. The number of rotatable bonds is 10. The molecule has 0 saturated carbocycles.